The first kappa shape index (κ1) is 5.78. The lowest BCUT2D eigenvalue weighted by Crippen LogP contribution is -1.52. The van der Waals surface area contributed by atoms with Crippen LogP contribution in [0.2, 0.25) is 0 Å². The lowest BCUT2D eigenvalue weighted by Gasteiger charge is -1.63. The van der Waals surface area contributed by atoms with Crippen LogP contribution in [0.3, 0.4) is 0 Å². The molecule has 0 nitrogen and oxygen atoms in total. The van der Waals surface area contributed by atoms with Crippen LogP contribution >= 0.6 is 15.9 Å². The first-order chi connectivity index (χ1) is 2.91. The maximum atomic E-state index is 4.86. The molecule has 0 spiro atoms. The van der Waals surface area contributed by atoms with Gasteiger partial charge in [0.1, 0.15) is 0 Å². The van der Waals surface area contributed by atoms with Crippen molar-refractivity contribution in [2.75, 3.05) is 5.33 Å². The predicted molar refractivity (Wildman–Crippen MR) is 31.8 cm³/mol. The van der Waals surface area contributed by atoms with E-state index in [2.05, 4.69) is 21.9 Å². The molecule has 0 saturated heterocycles. The lowest BCUT2D eigenvalue weighted by atomic mass is 10.6. The van der Waals surface area contributed by atoms with Crippen molar-refractivity contribution in [1.29, 1.82) is 0 Å². The van der Waals surface area contributed by atoms with Gasteiger partial charge in [0, 0.05) is 5.33 Å². The number of rotatable bonds is 1. The van der Waals surface area contributed by atoms with E-state index in [9.17, 15) is 0 Å². The Balaban J connectivity index is 3.02. The number of alkyl halides is 1. The van der Waals surface area contributed by atoms with Crippen LogP contribution in [0.4, 0.5) is 0 Å². The fraction of sp³-hybridized carbons (Fsp3) is 0.200. The smallest absolute Gasteiger partial charge is 0.0221 e. The van der Waals surface area contributed by atoms with E-state index in [-0.39, 0.29) is 0 Å². The zero-order valence-electron chi connectivity index (χ0n) is 3.32. The number of hydrogen-bond donors (Lipinski definition) is 0. The molecule has 6 heavy (non-hydrogen) atoms. The van der Waals surface area contributed by atoms with E-state index >= 15 is 0 Å². The first-order valence-corrected chi connectivity index (χ1v) is 2.71. The molecule has 0 atom stereocenters. The summed E-state index contributed by atoms with van der Waals surface area (Å²) in [6.45, 7) is 0. The summed E-state index contributed by atoms with van der Waals surface area (Å²) < 4.78 is 0. The fourth-order valence-corrected chi connectivity index (χ4v) is 0.299. The predicted octanol–water partition coefficient (Wildman–Crippen LogP) is 1.57. The topological polar surface area (TPSA) is 0 Å². The molecule has 0 rings (SSSR count). The van der Waals surface area contributed by atoms with E-state index in [1.54, 1.807) is 6.08 Å². The van der Waals surface area contributed by atoms with Crippen molar-refractivity contribution >= 4 is 15.9 Å². The fourth-order valence-electron chi connectivity index (χ4n) is 0.113. The van der Waals surface area contributed by atoms with Crippen LogP contribution in [-0.2, 0) is 0 Å². The first-order valence-electron chi connectivity index (χ1n) is 1.59. The Bertz CT molecular complexity index is 76.4. The Labute approximate surface area is 46.4 Å². The van der Waals surface area contributed by atoms with E-state index in [4.69, 9.17) is 6.42 Å². The quantitative estimate of drug-likeness (QED) is 0.388. The summed E-state index contributed by atoms with van der Waals surface area (Å²) in [7, 11) is 0. The molecule has 0 saturated carbocycles. The number of hydrogen-bond acceptors (Lipinski definition) is 0. The van der Waals surface area contributed by atoms with Gasteiger partial charge in [-0.1, -0.05) is 27.9 Å². The van der Waals surface area contributed by atoms with Crippen molar-refractivity contribution in [3.05, 3.63) is 12.2 Å². The van der Waals surface area contributed by atoms with Gasteiger partial charge in [0.05, 0.1) is 0 Å². The third-order valence-electron chi connectivity index (χ3n) is 0.303. The highest BCUT2D eigenvalue weighted by molar-refractivity contribution is 9.09. The van der Waals surface area contributed by atoms with Gasteiger partial charge in [0.15, 0.2) is 0 Å². The molecule has 0 aliphatic carbocycles. The standard InChI is InChI=1S/C5H5Br/c1-2-3-4-5-6/h1,3-4H,5H2. The second kappa shape index (κ2) is 4.78. The zero-order chi connectivity index (χ0) is 4.83. The van der Waals surface area contributed by atoms with Gasteiger partial charge in [-0.2, -0.15) is 0 Å². The van der Waals surface area contributed by atoms with Gasteiger partial charge in [0.2, 0.25) is 0 Å². The molecular weight excluding hydrogens is 140 g/mol. The van der Waals surface area contributed by atoms with E-state index in [0.717, 1.165) is 5.33 Å². The molecule has 1 heteroatoms. The van der Waals surface area contributed by atoms with Crippen LogP contribution in [0.25, 0.3) is 0 Å². The Morgan fingerprint density at radius 3 is 2.67 bits per heavy atom. The molecule has 0 amide bonds. The van der Waals surface area contributed by atoms with Crippen molar-refractivity contribution in [1.82, 2.24) is 0 Å². The second-order valence-electron chi connectivity index (χ2n) is 0.723. The zero-order valence-corrected chi connectivity index (χ0v) is 4.90. The minimum Gasteiger partial charge on any atom is -0.115 e. The number of allylic oxidation sites excluding steroid dienone is 2. The Kier molecular flexibility index (Phi) is 4.60. The van der Waals surface area contributed by atoms with E-state index < -0.39 is 0 Å². The highest BCUT2D eigenvalue weighted by Gasteiger charge is 1.57. The summed E-state index contributed by atoms with van der Waals surface area (Å²) in [4.78, 5) is 0. The van der Waals surface area contributed by atoms with E-state index in [1.807, 2.05) is 6.08 Å². The minimum absolute atomic E-state index is 0.844. The van der Waals surface area contributed by atoms with Gasteiger partial charge in [-0.25, -0.2) is 0 Å². The summed E-state index contributed by atoms with van der Waals surface area (Å²) in [5, 5.41) is 0.844. The SMILES string of the molecule is C#CC=CCBr. The third kappa shape index (κ3) is 3.78. The normalized spacial score (nSPS) is 8.67. The molecule has 0 heterocycles. The van der Waals surface area contributed by atoms with Crippen LogP contribution in [0.5, 0.6) is 0 Å². The maximum Gasteiger partial charge on any atom is 0.0221 e. The Morgan fingerprint density at radius 1 is 1.83 bits per heavy atom. The molecule has 0 aromatic carbocycles. The summed E-state index contributed by atoms with van der Waals surface area (Å²) in [5.74, 6) is 2.36. The molecule has 0 aliphatic rings. The molecule has 0 radical (unpaired) electrons. The lowest BCUT2D eigenvalue weighted by molar-refractivity contribution is 1.82. The maximum absolute atomic E-state index is 4.86. The van der Waals surface area contributed by atoms with Gasteiger partial charge in [0.25, 0.3) is 0 Å². The van der Waals surface area contributed by atoms with Crippen molar-refractivity contribution in [3.63, 3.8) is 0 Å². The van der Waals surface area contributed by atoms with Crippen molar-refractivity contribution < 1.29 is 0 Å². The third-order valence-corrected chi connectivity index (χ3v) is 0.677. The van der Waals surface area contributed by atoms with Gasteiger partial charge in [-0.05, 0) is 6.08 Å². The van der Waals surface area contributed by atoms with E-state index in [0.29, 0.717) is 0 Å². The van der Waals surface area contributed by atoms with Crippen LogP contribution in [0.15, 0.2) is 12.2 Å². The van der Waals surface area contributed by atoms with Crippen molar-refractivity contribution in [3.8, 4) is 12.3 Å². The molecule has 0 fully saturated rings. The molecule has 0 aromatic heterocycles. The van der Waals surface area contributed by atoms with Crippen molar-refractivity contribution in [2.24, 2.45) is 0 Å². The van der Waals surface area contributed by atoms with Crippen LogP contribution in [0, 0.1) is 12.3 Å². The molecule has 0 aliphatic heterocycles. The second-order valence-corrected chi connectivity index (χ2v) is 1.37. The summed E-state index contributed by atoms with van der Waals surface area (Å²) >= 11 is 3.17. The molecule has 0 aromatic rings. The highest BCUT2D eigenvalue weighted by Crippen LogP contribution is 1.78. The average Bonchev–Trinajstić information content (AvgIpc) is 1.61. The molecule has 0 N–H and O–H groups in total. The number of terminal acetylenes is 1. The molecule has 0 bridgehead atoms. The van der Waals surface area contributed by atoms with Crippen LogP contribution in [-0.4, -0.2) is 5.33 Å². The number of halogens is 1. The minimum atomic E-state index is 0.844. The van der Waals surface area contributed by atoms with Gasteiger partial charge >= 0.3 is 0 Å². The van der Waals surface area contributed by atoms with Gasteiger partial charge in [-0.3, -0.25) is 0 Å². The summed E-state index contributed by atoms with van der Waals surface area (Å²) in [6.07, 6.45) is 8.38. The summed E-state index contributed by atoms with van der Waals surface area (Å²) in [5.41, 5.74) is 0. The van der Waals surface area contributed by atoms with Crippen LogP contribution < -0.4 is 0 Å². The van der Waals surface area contributed by atoms with Gasteiger partial charge in [-0.15, -0.1) is 6.42 Å². The highest BCUT2D eigenvalue weighted by atomic mass is 79.9. The van der Waals surface area contributed by atoms with Gasteiger partial charge < -0.3 is 0 Å². The molecule has 0 unspecified atom stereocenters. The monoisotopic (exact) mass is 144 g/mol. The summed E-state index contributed by atoms with van der Waals surface area (Å²) in [6, 6.07) is 0. The Morgan fingerprint density at radius 2 is 2.50 bits per heavy atom. The molecule has 32 valence electrons. The molecular formula is C5H5Br. The Hall–Kier alpha value is -0.220. The van der Waals surface area contributed by atoms with Crippen LogP contribution in [0.1, 0.15) is 0 Å². The largest absolute Gasteiger partial charge is 0.115 e. The van der Waals surface area contributed by atoms with E-state index in [1.165, 1.54) is 0 Å². The van der Waals surface area contributed by atoms with Crippen molar-refractivity contribution in [2.45, 2.75) is 0 Å². The average molecular weight is 145 g/mol.